The van der Waals surface area contributed by atoms with Crippen molar-refractivity contribution in [3.05, 3.63) is 53.8 Å². The molecule has 1 amide bonds. The van der Waals surface area contributed by atoms with Gasteiger partial charge in [-0.1, -0.05) is 6.07 Å². The molecule has 1 heterocycles. The Morgan fingerprint density at radius 3 is 2.65 bits per heavy atom. The van der Waals surface area contributed by atoms with Crippen molar-refractivity contribution < 1.29 is 27.4 Å². The quantitative estimate of drug-likeness (QED) is 0.819. The van der Waals surface area contributed by atoms with Crippen LogP contribution in [0.25, 0.3) is 0 Å². The van der Waals surface area contributed by atoms with E-state index in [-0.39, 0.29) is 29.3 Å². The van der Waals surface area contributed by atoms with Crippen LogP contribution in [0.15, 0.2) is 47.4 Å². The van der Waals surface area contributed by atoms with E-state index in [1.807, 2.05) is 0 Å². The van der Waals surface area contributed by atoms with Crippen LogP contribution in [0.5, 0.6) is 5.75 Å². The van der Waals surface area contributed by atoms with Crippen LogP contribution in [0.3, 0.4) is 0 Å². The van der Waals surface area contributed by atoms with Gasteiger partial charge in [-0.2, -0.15) is 4.31 Å². The second-order valence-corrected chi connectivity index (χ2v) is 7.75. The zero-order chi connectivity index (χ0) is 18.9. The van der Waals surface area contributed by atoms with E-state index in [0.29, 0.717) is 5.69 Å². The number of hydrogen-bond donors (Lipinski definition) is 2. The number of carbonyl (C=O) groups is 1. The smallest absolute Gasteiger partial charge is 0.255 e. The van der Waals surface area contributed by atoms with E-state index in [1.54, 1.807) is 0 Å². The topological polar surface area (TPSA) is 95.9 Å². The number of nitrogens with zero attached hydrogens (tertiary/aromatic N) is 1. The summed E-state index contributed by atoms with van der Waals surface area (Å²) in [5, 5.41) is 11.9. The van der Waals surface area contributed by atoms with Crippen molar-refractivity contribution in [2.24, 2.45) is 0 Å². The van der Waals surface area contributed by atoms with Crippen molar-refractivity contribution in [2.75, 3.05) is 25.5 Å². The predicted molar refractivity (Wildman–Crippen MR) is 92.1 cm³/mol. The van der Waals surface area contributed by atoms with Gasteiger partial charge < -0.3 is 15.2 Å². The minimum atomic E-state index is -3.76. The molecule has 0 atom stereocenters. The van der Waals surface area contributed by atoms with Crippen LogP contribution in [0.2, 0.25) is 0 Å². The van der Waals surface area contributed by atoms with Gasteiger partial charge in [-0.15, -0.1) is 0 Å². The van der Waals surface area contributed by atoms with Gasteiger partial charge >= 0.3 is 0 Å². The van der Waals surface area contributed by atoms with Crippen molar-refractivity contribution in [3.63, 3.8) is 0 Å². The van der Waals surface area contributed by atoms with E-state index in [1.165, 1.54) is 43.5 Å². The van der Waals surface area contributed by atoms with Crippen LogP contribution < -0.4 is 10.1 Å². The van der Waals surface area contributed by atoms with E-state index < -0.39 is 27.9 Å². The number of ether oxygens (including phenoxy) is 1. The number of aliphatic hydroxyl groups excluding tert-OH is 1. The molecule has 0 aromatic heterocycles. The van der Waals surface area contributed by atoms with Crippen LogP contribution in [0.4, 0.5) is 10.1 Å². The van der Waals surface area contributed by atoms with E-state index in [0.717, 1.165) is 10.4 Å². The lowest BCUT2D eigenvalue weighted by Gasteiger charge is -2.34. The molecule has 0 unspecified atom stereocenters. The molecule has 26 heavy (non-hydrogen) atoms. The molecule has 3 rings (SSSR count). The van der Waals surface area contributed by atoms with Crippen LogP contribution in [-0.4, -0.2) is 50.0 Å². The highest BCUT2D eigenvalue weighted by Crippen LogP contribution is 2.24. The molecule has 1 saturated heterocycles. The molecule has 9 heteroatoms. The maximum atomic E-state index is 13.4. The van der Waals surface area contributed by atoms with E-state index >= 15 is 0 Å². The number of benzene rings is 2. The van der Waals surface area contributed by atoms with Gasteiger partial charge in [-0.25, -0.2) is 12.8 Å². The molecule has 0 aliphatic carbocycles. The summed E-state index contributed by atoms with van der Waals surface area (Å²) >= 11 is 0. The number of methoxy groups -OCH3 is 1. The first-order valence-corrected chi connectivity index (χ1v) is 9.18. The second kappa shape index (κ2) is 7.02. The minimum Gasteiger partial charge on any atom is -0.494 e. The van der Waals surface area contributed by atoms with Crippen LogP contribution in [0, 0.1) is 5.82 Å². The lowest BCUT2D eigenvalue weighted by Crippen LogP contribution is -2.53. The Kier molecular flexibility index (Phi) is 4.94. The third-order valence-corrected chi connectivity index (χ3v) is 5.80. The molecular formula is C17H17FN2O5S. The van der Waals surface area contributed by atoms with Gasteiger partial charge in [0.1, 0.15) is 0 Å². The average molecular weight is 380 g/mol. The summed E-state index contributed by atoms with van der Waals surface area (Å²) in [4.78, 5) is 12.4. The van der Waals surface area contributed by atoms with Crippen molar-refractivity contribution in [1.29, 1.82) is 0 Å². The molecule has 2 aromatic rings. The number of amides is 1. The molecule has 0 radical (unpaired) electrons. The van der Waals surface area contributed by atoms with Gasteiger partial charge in [0.05, 0.1) is 18.1 Å². The SMILES string of the molecule is COc1cc(NC(=O)c2cccc(S(=O)(=O)N3CC(O)C3)c2)ccc1F. The molecule has 0 bridgehead atoms. The van der Waals surface area contributed by atoms with Crippen molar-refractivity contribution >= 4 is 21.6 Å². The number of halogens is 1. The summed E-state index contributed by atoms with van der Waals surface area (Å²) in [7, 11) is -2.45. The first-order valence-electron chi connectivity index (χ1n) is 7.74. The van der Waals surface area contributed by atoms with E-state index in [9.17, 15) is 22.7 Å². The normalized spacial score (nSPS) is 15.3. The van der Waals surface area contributed by atoms with Gasteiger partial charge in [0.25, 0.3) is 5.91 Å². The fourth-order valence-electron chi connectivity index (χ4n) is 2.50. The molecule has 0 saturated carbocycles. The predicted octanol–water partition coefficient (Wildman–Crippen LogP) is 1.45. The number of anilines is 1. The van der Waals surface area contributed by atoms with Gasteiger partial charge in [0, 0.05) is 30.4 Å². The molecule has 1 aliphatic rings. The Bertz CT molecular complexity index is 942. The molecule has 7 nitrogen and oxygen atoms in total. The zero-order valence-corrected chi connectivity index (χ0v) is 14.7. The summed E-state index contributed by atoms with van der Waals surface area (Å²) < 4.78 is 44.3. The summed E-state index contributed by atoms with van der Waals surface area (Å²) in [5.41, 5.74) is 0.447. The van der Waals surface area contributed by atoms with E-state index in [2.05, 4.69) is 5.32 Å². The third kappa shape index (κ3) is 3.55. The van der Waals surface area contributed by atoms with Gasteiger partial charge in [-0.3, -0.25) is 4.79 Å². The maximum Gasteiger partial charge on any atom is 0.255 e. The first kappa shape index (κ1) is 18.3. The van der Waals surface area contributed by atoms with Crippen molar-refractivity contribution in [2.45, 2.75) is 11.0 Å². The Morgan fingerprint density at radius 1 is 1.27 bits per heavy atom. The fourth-order valence-corrected chi connectivity index (χ4v) is 4.06. The van der Waals surface area contributed by atoms with Gasteiger partial charge in [-0.05, 0) is 30.3 Å². The Balaban J connectivity index is 1.80. The molecule has 1 fully saturated rings. The lowest BCUT2D eigenvalue weighted by atomic mass is 10.2. The van der Waals surface area contributed by atoms with Gasteiger partial charge in [0.15, 0.2) is 11.6 Å². The lowest BCUT2D eigenvalue weighted by molar-refractivity contribution is 0.0548. The number of nitrogens with one attached hydrogen (secondary N) is 1. The standard InChI is InChI=1S/C17H17FN2O5S/c1-25-16-8-12(5-6-15(16)18)19-17(22)11-3-2-4-14(7-11)26(23,24)20-9-13(21)10-20/h2-8,13,21H,9-10H2,1H3,(H,19,22). The summed E-state index contributed by atoms with van der Waals surface area (Å²) in [6, 6.07) is 9.44. The number of hydrogen-bond acceptors (Lipinski definition) is 5. The number of carbonyl (C=O) groups excluding carboxylic acids is 1. The van der Waals surface area contributed by atoms with E-state index in [4.69, 9.17) is 4.74 Å². The van der Waals surface area contributed by atoms with Crippen LogP contribution in [0.1, 0.15) is 10.4 Å². The highest BCUT2D eigenvalue weighted by atomic mass is 32.2. The summed E-state index contributed by atoms with van der Waals surface area (Å²) in [5.74, 6) is -1.12. The molecule has 138 valence electrons. The average Bonchev–Trinajstić information content (AvgIpc) is 2.60. The number of sulfonamides is 1. The molecule has 1 aliphatic heterocycles. The summed E-state index contributed by atoms with van der Waals surface area (Å²) in [6.45, 7) is 0.0717. The monoisotopic (exact) mass is 380 g/mol. The largest absolute Gasteiger partial charge is 0.494 e. The van der Waals surface area contributed by atoms with Crippen molar-refractivity contribution in [3.8, 4) is 5.75 Å². The number of β-amino-alcohol motifs (C(OH)–C–C–N with tert-alkyl or cyclic N) is 1. The number of aliphatic hydroxyl groups is 1. The molecule has 0 spiro atoms. The Morgan fingerprint density at radius 2 is 2.00 bits per heavy atom. The zero-order valence-electron chi connectivity index (χ0n) is 13.8. The first-order chi connectivity index (χ1) is 12.3. The summed E-state index contributed by atoms with van der Waals surface area (Å²) in [6.07, 6.45) is -0.662. The Labute approximate surface area is 150 Å². The minimum absolute atomic E-state index is 0.0181. The molecule has 2 aromatic carbocycles. The third-order valence-electron chi connectivity index (χ3n) is 3.97. The molecular weight excluding hydrogens is 363 g/mol. The number of rotatable bonds is 5. The highest BCUT2D eigenvalue weighted by Gasteiger charge is 2.35. The van der Waals surface area contributed by atoms with Gasteiger partial charge in [0.2, 0.25) is 10.0 Å². The maximum absolute atomic E-state index is 13.4. The highest BCUT2D eigenvalue weighted by molar-refractivity contribution is 7.89. The van der Waals surface area contributed by atoms with Crippen molar-refractivity contribution in [1.82, 2.24) is 4.31 Å². The second-order valence-electron chi connectivity index (χ2n) is 5.81. The fraction of sp³-hybridized carbons (Fsp3) is 0.235. The molecule has 2 N–H and O–H groups in total. The Hall–Kier alpha value is -2.49. The van der Waals surface area contributed by atoms with Crippen LogP contribution in [-0.2, 0) is 10.0 Å². The van der Waals surface area contributed by atoms with Crippen LogP contribution >= 0.6 is 0 Å².